The van der Waals surface area contributed by atoms with Crippen molar-refractivity contribution in [2.75, 3.05) is 6.61 Å². The van der Waals surface area contributed by atoms with Crippen LogP contribution in [-0.2, 0) is 12.8 Å². The quantitative estimate of drug-likeness (QED) is 0.578. The molecular formula is C19H26O2. The van der Waals surface area contributed by atoms with Crippen molar-refractivity contribution >= 4 is 5.78 Å². The molecule has 2 aliphatic rings. The minimum Gasteiger partial charge on any atom is -0.493 e. The first-order valence-corrected chi connectivity index (χ1v) is 8.44. The van der Waals surface area contributed by atoms with E-state index in [1.807, 2.05) is 12.1 Å². The first-order chi connectivity index (χ1) is 10.2. The molecular weight excluding hydrogens is 260 g/mol. The number of hydrogen-bond donors (Lipinski definition) is 0. The number of hydrogen-bond acceptors (Lipinski definition) is 2. The summed E-state index contributed by atoms with van der Waals surface area (Å²) in [7, 11) is 0. The zero-order chi connectivity index (χ0) is 14.9. The predicted octanol–water partition coefficient (Wildman–Crippen LogP) is 4.73. The van der Waals surface area contributed by atoms with E-state index in [2.05, 4.69) is 6.92 Å². The summed E-state index contributed by atoms with van der Waals surface area (Å²) < 4.78 is 6.02. The van der Waals surface area contributed by atoms with Crippen LogP contribution in [0.15, 0.2) is 12.1 Å². The van der Waals surface area contributed by atoms with Gasteiger partial charge in [0, 0.05) is 5.56 Å². The van der Waals surface area contributed by atoms with Gasteiger partial charge in [0.15, 0.2) is 5.78 Å². The van der Waals surface area contributed by atoms with Crippen molar-refractivity contribution in [2.24, 2.45) is 5.41 Å². The van der Waals surface area contributed by atoms with Crippen LogP contribution in [0.4, 0.5) is 0 Å². The van der Waals surface area contributed by atoms with Crippen LogP contribution in [0.5, 0.6) is 5.75 Å². The molecule has 0 saturated heterocycles. The molecule has 2 aliphatic carbocycles. The minimum absolute atomic E-state index is 0.196. The van der Waals surface area contributed by atoms with Crippen molar-refractivity contribution in [2.45, 2.75) is 65.2 Å². The highest BCUT2D eigenvalue weighted by Gasteiger charge is 2.42. The SMILES string of the molecule is CCCCOc1ccc(C(C)=O)c2c1CC1(CCCC1)C2. The van der Waals surface area contributed by atoms with Gasteiger partial charge in [0.25, 0.3) is 0 Å². The molecule has 0 unspecified atom stereocenters. The molecule has 2 heteroatoms. The summed E-state index contributed by atoms with van der Waals surface area (Å²) in [5.74, 6) is 1.23. The van der Waals surface area contributed by atoms with Gasteiger partial charge in [-0.2, -0.15) is 0 Å². The van der Waals surface area contributed by atoms with Crippen LogP contribution < -0.4 is 4.74 Å². The van der Waals surface area contributed by atoms with Gasteiger partial charge in [-0.3, -0.25) is 4.79 Å². The monoisotopic (exact) mass is 286 g/mol. The largest absolute Gasteiger partial charge is 0.493 e. The number of carbonyl (C=O) groups excluding carboxylic acids is 1. The lowest BCUT2D eigenvalue weighted by atomic mass is 9.83. The molecule has 1 spiro atoms. The van der Waals surface area contributed by atoms with Crippen LogP contribution in [-0.4, -0.2) is 12.4 Å². The molecule has 0 atom stereocenters. The summed E-state index contributed by atoms with van der Waals surface area (Å²) >= 11 is 0. The van der Waals surface area contributed by atoms with Crippen molar-refractivity contribution in [3.63, 3.8) is 0 Å². The van der Waals surface area contributed by atoms with E-state index in [0.29, 0.717) is 5.41 Å². The van der Waals surface area contributed by atoms with Crippen molar-refractivity contribution in [3.8, 4) is 5.75 Å². The molecule has 3 rings (SSSR count). The Labute approximate surface area is 127 Å². The molecule has 1 saturated carbocycles. The molecule has 2 nitrogen and oxygen atoms in total. The third kappa shape index (κ3) is 2.73. The molecule has 1 aromatic rings. The third-order valence-corrected chi connectivity index (χ3v) is 5.29. The van der Waals surface area contributed by atoms with E-state index in [-0.39, 0.29) is 5.78 Å². The number of benzene rings is 1. The molecule has 0 aromatic heterocycles. The van der Waals surface area contributed by atoms with Crippen molar-refractivity contribution in [1.29, 1.82) is 0 Å². The second-order valence-corrected chi connectivity index (χ2v) is 6.89. The highest BCUT2D eigenvalue weighted by atomic mass is 16.5. The van der Waals surface area contributed by atoms with Crippen molar-refractivity contribution in [3.05, 3.63) is 28.8 Å². The summed E-state index contributed by atoms with van der Waals surface area (Å²) in [4.78, 5) is 11.9. The number of Topliss-reactive ketones (excluding diaryl/α,β-unsaturated/α-hetero) is 1. The summed E-state index contributed by atoms with van der Waals surface area (Å²) in [6.07, 6.45) is 9.75. The average Bonchev–Trinajstić information content (AvgIpc) is 3.06. The second-order valence-electron chi connectivity index (χ2n) is 6.89. The second kappa shape index (κ2) is 5.82. The highest BCUT2D eigenvalue weighted by Crippen LogP contribution is 2.51. The Morgan fingerprint density at radius 1 is 1.19 bits per heavy atom. The van der Waals surface area contributed by atoms with Gasteiger partial charge in [-0.05, 0) is 67.7 Å². The van der Waals surface area contributed by atoms with E-state index < -0.39 is 0 Å². The number of fused-ring (bicyclic) bond motifs is 1. The Bertz CT molecular complexity index is 539. The molecule has 1 aromatic carbocycles. The molecule has 0 aliphatic heterocycles. The molecule has 0 amide bonds. The van der Waals surface area contributed by atoms with E-state index in [1.165, 1.54) is 36.8 Å². The number of rotatable bonds is 5. The first-order valence-electron chi connectivity index (χ1n) is 8.44. The fraction of sp³-hybridized carbons (Fsp3) is 0.632. The molecule has 0 bridgehead atoms. The predicted molar refractivity (Wildman–Crippen MR) is 85.2 cm³/mol. The van der Waals surface area contributed by atoms with Gasteiger partial charge >= 0.3 is 0 Å². The van der Waals surface area contributed by atoms with E-state index in [1.54, 1.807) is 6.92 Å². The molecule has 0 heterocycles. The van der Waals surface area contributed by atoms with Crippen LogP contribution in [0, 0.1) is 5.41 Å². The molecule has 21 heavy (non-hydrogen) atoms. The average molecular weight is 286 g/mol. The summed E-state index contributed by atoms with van der Waals surface area (Å²) in [6, 6.07) is 4.01. The maximum absolute atomic E-state index is 11.9. The standard InChI is InChI=1S/C19H26O2/c1-3-4-11-21-18-8-7-15(14(2)20)16-12-19(13-17(16)18)9-5-6-10-19/h7-8H,3-6,9-13H2,1-2H3. The van der Waals surface area contributed by atoms with Crippen LogP contribution >= 0.6 is 0 Å². The Morgan fingerprint density at radius 3 is 2.57 bits per heavy atom. The van der Waals surface area contributed by atoms with Gasteiger partial charge in [-0.1, -0.05) is 26.2 Å². The first kappa shape index (κ1) is 14.6. The van der Waals surface area contributed by atoms with Gasteiger partial charge in [-0.15, -0.1) is 0 Å². The number of ether oxygens (including phenoxy) is 1. The van der Waals surface area contributed by atoms with Crippen LogP contribution in [0.2, 0.25) is 0 Å². The Hall–Kier alpha value is -1.31. The fourth-order valence-corrected chi connectivity index (χ4v) is 4.15. The number of carbonyl (C=O) groups is 1. The number of ketones is 1. The Balaban J connectivity index is 1.92. The zero-order valence-corrected chi connectivity index (χ0v) is 13.3. The van der Waals surface area contributed by atoms with Gasteiger partial charge < -0.3 is 4.74 Å². The lowest BCUT2D eigenvalue weighted by Crippen LogP contribution is -2.16. The number of unbranched alkanes of at least 4 members (excludes halogenated alkanes) is 1. The fourth-order valence-electron chi connectivity index (χ4n) is 4.15. The highest BCUT2D eigenvalue weighted by molar-refractivity contribution is 5.96. The summed E-state index contributed by atoms with van der Waals surface area (Å²) in [6.45, 7) is 4.66. The smallest absolute Gasteiger partial charge is 0.160 e. The van der Waals surface area contributed by atoms with Crippen molar-refractivity contribution in [1.82, 2.24) is 0 Å². The van der Waals surface area contributed by atoms with E-state index in [9.17, 15) is 4.79 Å². The Morgan fingerprint density at radius 2 is 1.90 bits per heavy atom. The molecule has 0 radical (unpaired) electrons. The van der Waals surface area contributed by atoms with Gasteiger partial charge in [0.2, 0.25) is 0 Å². The topological polar surface area (TPSA) is 26.3 Å². The van der Waals surface area contributed by atoms with Crippen LogP contribution in [0.25, 0.3) is 0 Å². The summed E-state index contributed by atoms with van der Waals surface area (Å²) in [5.41, 5.74) is 3.98. The Kier molecular flexibility index (Phi) is 4.05. The third-order valence-electron chi connectivity index (χ3n) is 5.29. The molecule has 1 fully saturated rings. The van der Waals surface area contributed by atoms with Crippen LogP contribution in [0.3, 0.4) is 0 Å². The van der Waals surface area contributed by atoms with Gasteiger partial charge in [0.1, 0.15) is 5.75 Å². The van der Waals surface area contributed by atoms with Gasteiger partial charge in [-0.25, -0.2) is 0 Å². The lowest BCUT2D eigenvalue weighted by molar-refractivity contribution is 0.101. The summed E-state index contributed by atoms with van der Waals surface area (Å²) in [5, 5.41) is 0. The lowest BCUT2D eigenvalue weighted by Gasteiger charge is -2.21. The van der Waals surface area contributed by atoms with E-state index >= 15 is 0 Å². The molecule has 114 valence electrons. The maximum atomic E-state index is 11.9. The van der Waals surface area contributed by atoms with Crippen molar-refractivity contribution < 1.29 is 9.53 Å². The van der Waals surface area contributed by atoms with E-state index in [4.69, 9.17) is 4.74 Å². The van der Waals surface area contributed by atoms with E-state index in [0.717, 1.165) is 43.6 Å². The van der Waals surface area contributed by atoms with Gasteiger partial charge in [0.05, 0.1) is 6.61 Å². The maximum Gasteiger partial charge on any atom is 0.160 e. The minimum atomic E-state index is 0.196. The zero-order valence-electron chi connectivity index (χ0n) is 13.3. The van der Waals surface area contributed by atoms with Crippen LogP contribution in [0.1, 0.15) is 73.9 Å². The normalized spacial score (nSPS) is 19.0. The molecule has 0 N–H and O–H groups in total.